The summed E-state index contributed by atoms with van der Waals surface area (Å²) in [6.07, 6.45) is 2.88. The van der Waals surface area contributed by atoms with E-state index in [1.54, 1.807) is 0 Å². The second-order valence-electron chi connectivity index (χ2n) is 7.42. The fourth-order valence-electron chi connectivity index (χ4n) is 3.66. The predicted molar refractivity (Wildman–Crippen MR) is 111 cm³/mol. The number of nitriles is 1. The third kappa shape index (κ3) is 5.63. The summed E-state index contributed by atoms with van der Waals surface area (Å²) in [4.78, 5) is 12.1. The lowest BCUT2D eigenvalue weighted by Gasteiger charge is -2.30. The van der Waals surface area contributed by atoms with Gasteiger partial charge >= 0.3 is 6.18 Å². The maximum atomic E-state index is 13.2. The van der Waals surface area contributed by atoms with Crippen molar-refractivity contribution in [2.45, 2.75) is 44.4 Å². The van der Waals surface area contributed by atoms with Crippen LogP contribution in [0.4, 0.5) is 24.9 Å². The summed E-state index contributed by atoms with van der Waals surface area (Å²) in [6, 6.07) is 3.13. The van der Waals surface area contributed by atoms with E-state index in [2.05, 4.69) is 43.6 Å². The Balaban J connectivity index is 1.68. The van der Waals surface area contributed by atoms with Crippen molar-refractivity contribution in [3.05, 3.63) is 53.6 Å². The number of rotatable bonds is 7. The molecule has 2 aromatic heterocycles. The number of hydrogen-bond donors (Lipinski definition) is 3. The highest BCUT2D eigenvalue weighted by Gasteiger charge is 2.33. The van der Waals surface area contributed by atoms with Crippen molar-refractivity contribution in [3.8, 4) is 6.07 Å². The highest BCUT2D eigenvalue weighted by Crippen LogP contribution is 2.32. The molecule has 1 fully saturated rings. The highest BCUT2D eigenvalue weighted by molar-refractivity contribution is 5.54. The summed E-state index contributed by atoms with van der Waals surface area (Å²) >= 11 is 0. The molecule has 0 amide bonds. The van der Waals surface area contributed by atoms with Crippen molar-refractivity contribution >= 4 is 11.8 Å². The van der Waals surface area contributed by atoms with E-state index in [9.17, 15) is 18.4 Å². The summed E-state index contributed by atoms with van der Waals surface area (Å²) in [6.45, 7) is 3.89. The van der Waals surface area contributed by atoms with Gasteiger partial charge in [-0.05, 0) is 37.7 Å². The molecule has 31 heavy (non-hydrogen) atoms. The number of pyridine rings is 1. The number of allylic oxidation sites excluding steroid dienone is 1. The van der Waals surface area contributed by atoms with Crippen molar-refractivity contribution in [2.24, 2.45) is 5.92 Å². The van der Waals surface area contributed by atoms with Crippen LogP contribution in [0.15, 0.2) is 36.9 Å². The van der Waals surface area contributed by atoms with Crippen LogP contribution in [0.1, 0.15) is 42.4 Å². The van der Waals surface area contributed by atoms with Gasteiger partial charge in [-0.1, -0.05) is 6.58 Å². The number of nitrogens with one attached hydrogen (secondary N) is 3. The van der Waals surface area contributed by atoms with Crippen LogP contribution in [0, 0.1) is 17.2 Å². The molecule has 1 aliphatic rings. The summed E-state index contributed by atoms with van der Waals surface area (Å²) in [5.74, 6) is 0.928. The van der Waals surface area contributed by atoms with Gasteiger partial charge in [0, 0.05) is 43.3 Å². The Hall–Kier alpha value is -3.35. The fraction of sp³-hybridized carbons (Fsp3) is 0.429. The molecule has 1 saturated carbocycles. The van der Waals surface area contributed by atoms with Crippen molar-refractivity contribution in [1.29, 1.82) is 5.26 Å². The Kier molecular flexibility index (Phi) is 6.95. The van der Waals surface area contributed by atoms with Crippen LogP contribution in [0.2, 0.25) is 0 Å². The highest BCUT2D eigenvalue weighted by atomic mass is 19.4. The molecule has 0 saturated heterocycles. The summed E-state index contributed by atoms with van der Waals surface area (Å²) < 4.78 is 39.5. The smallest absolute Gasteiger partial charge is 0.392 e. The molecule has 1 aliphatic carbocycles. The Bertz CT molecular complexity index is 960. The standard InChI is InChI=1S/C21H24F3N7/c1-13(26-2)14-3-5-17(6-4-14)30-19-15(9-25)11-28-20(31-19)29-12-16-10-27-8-7-18(16)21(22,23)24/h7-8,10-11,14,17,26H,1,3-6,12H2,2H3,(H2,28,29,30,31)/t14-,17+. The predicted octanol–water partition coefficient (Wildman–Crippen LogP) is 4.08. The van der Waals surface area contributed by atoms with E-state index in [1.165, 1.54) is 6.20 Å². The molecule has 3 N–H and O–H groups in total. The van der Waals surface area contributed by atoms with Crippen LogP contribution in [-0.2, 0) is 12.7 Å². The van der Waals surface area contributed by atoms with Crippen LogP contribution < -0.4 is 16.0 Å². The average Bonchev–Trinajstić information content (AvgIpc) is 2.77. The van der Waals surface area contributed by atoms with Gasteiger partial charge in [0.15, 0.2) is 0 Å². The number of aromatic nitrogens is 3. The lowest BCUT2D eigenvalue weighted by molar-refractivity contribution is -0.138. The molecular formula is C21H24F3N7. The number of anilines is 2. The largest absolute Gasteiger partial charge is 0.416 e. The third-order valence-electron chi connectivity index (χ3n) is 5.44. The molecule has 10 heteroatoms. The molecule has 2 aromatic rings. The zero-order chi connectivity index (χ0) is 22.4. The van der Waals surface area contributed by atoms with Crippen LogP contribution >= 0.6 is 0 Å². The number of halogens is 3. The van der Waals surface area contributed by atoms with Crippen LogP contribution in [0.5, 0.6) is 0 Å². The zero-order valence-corrected chi connectivity index (χ0v) is 17.1. The third-order valence-corrected chi connectivity index (χ3v) is 5.44. The molecule has 0 radical (unpaired) electrons. The minimum atomic E-state index is -4.48. The van der Waals surface area contributed by atoms with Crippen molar-refractivity contribution in [2.75, 3.05) is 17.7 Å². The zero-order valence-electron chi connectivity index (χ0n) is 17.1. The fourth-order valence-corrected chi connectivity index (χ4v) is 3.66. The second kappa shape index (κ2) is 9.64. The van der Waals surface area contributed by atoms with Crippen LogP contribution in [0.25, 0.3) is 0 Å². The van der Waals surface area contributed by atoms with Gasteiger partial charge in [0.25, 0.3) is 0 Å². The monoisotopic (exact) mass is 431 g/mol. The minimum Gasteiger partial charge on any atom is -0.392 e. The average molecular weight is 431 g/mol. The maximum absolute atomic E-state index is 13.2. The van der Waals surface area contributed by atoms with Gasteiger partial charge in [-0.3, -0.25) is 4.98 Å². The molecule has 0 aromatic carbocycles. The van der Waals surface area contributed by atoms with Gasteiger partial charge < -0.3 is 16.0 Å². The summed E-state index contributed by atoms with van der Waals surface area (Å²) in [5.41, 5.74) is 0.533. The van der Waals surface area contributed by atoms with E-state index in [1.807, 2.05) is 7.05 Å². The molecule has 0 spiro atoms. The molecule has 0 bridgehead atoms. The van der Waals surface area contributed by atoms with Gasteiger partial charge in [-0.25, -0.2) is 4.98 Å². The minimum absolute atomic E-state index is 0.0134. The van der Waals surface area contributed by atoms with Gasteiger partial charge in [-0.2, -0.15) is 23.4 Å². The molecule has 0 aliphatic heterocycles. The number of hydrogen-bond acceptors (Lipinski definition) is 7. The molecule has 0 atom stereocenters. The van der Waals surface area contributed by atoms with Gasteiger partial charge in [0.1, 0.15) is 17.5 Å². The molecule has 2 heterocycles. The van der Waals surface area contributed by atoms with E-state index in [4.69, 9.17) is 0 Å². The van der Waals surface area contributed by atoms with Crippen molar-refractivity contribution in [1.82, 2.24) is 20.3 Å². The lowest BCUT2D eigenvalue weighted by atomic mass is 9.84. The Morgan fingerprint density at radius 1 is 1.26 bits per heavy atom. The van der Waals surface area contributed by atoms with Gasteiger partial charge in [0.2, 0.25) is 5.95 Å². The van der Waals surface area contributed by atoms with Gasteiger partial charge in [-0.15, -0.1) is 0 Å². The molecule has 164 valence electrons. The number of alkyl halides is 3. The summed E-state index contributed by atoms with van der Waals surface area (Å²) in [7, 11) is 1.87. The molecule has 3 rings (SSSR count). The lowest BCUT2D eigenvalue weighted by Crippen LogP contribution is -2.29. The maximum Gasteiger partial charge on any atom is 0.416 e. The molecule has 0 unspecified atom stereocenters. The first-order valence-electron chi connectivity index (χ1n) is 9.96. The topological polar surface area (TPSA) is 98.6 Å². The molecular weight excluding hydrogens is 407 g/mol. The first-order chi connectivity index (χ1) is 14.8. The Morgan fingerprint density at radius 3 is 2.65 bits per heavy atom. The SMILES string of the molecule is C=C(NC)[C@H]1CC[C@@H](Nc2nc(NCc3cnccc3C(F)(F)F)ncc2C#N)CC1. The van der Waals surface area contributed by atoms with E-state index in [0.717, 1.165) is 49.8 Å². The van der Waals surface area contributed by atoms with Crippen molar-refractivity contribution in [3.63, 3.8) is 0 Å². The normalized spacial score (nSPS) is 18.7. The van der Waals surface area contributed by atoms with Crippen LogP contribution in [-0.4, -0.2) is 28.0 Å². The van der Waals surface area contributed by atoms with E-state index in [-0.39, 0.29) is 29.7 Å². The molecule has 7 nitrogen and oxygen atoms in total. The first kappa shape index (κ1) is 22.3. The quantitative estimate of drug-likeness (QED) is 0.608. The van der Waals surface area contributed by atoms with E-state index in [0.29, 0.717) is 11.7 Å². The van der Waals surface area contributed by atoms with Crippen LogP contribution in [0.3, 0.4) is 0 Å². The summed E-state index contributed by atoms with van der Waals surface area (Å²) in [5, 5.41) is 18.6. The second-order valence-corrected chi connectivity index (χ2v) is 7.42. The van der Waals surface area contributed by atoms with E-state index < -0.39 is 11.7 Å². The Labute approximate surface area is 178 Å². The first-order valence-corrected chi connectivity index (χ1v) is 9.96. The van der Waals surface area contributed by atoms with E-state index >= 15 is 0 Å². The Morgan fingerprint density at radius 2 is 2.00 bits per heavy atom. The number of nitrogens with zero attached hydrogens (tertiary/aromatic N) is 4. The van der Waals surface area contributed by atoms with Crippen molar-refractivity contribution < 1.29 is 13.2 Å². The van der Waals surface area contributed by atoms with Gasteiger partial charge in [0.05, 0.1) is 11.8 Å².